The van der Waals surface area contributed by atoms with Crippen molar-refractivity contribution in [2.45, 2.75) is 40.0 Å². The van der Waals surface area contributed by atoms with Gasteiger partial charge in [0.05, 0.1) is 0 Å². The molecule has 0 aliphatic rings. The third-order valence-corrected chi connectivity index (χ3v) is 1.88. The van der Waals surface area contributed by atoms with E-state index < -0.39 is 0 Å². The minimum Gasteiger partial charge on any atom is -0.223 e. The monoisotopic (exact) mass is 156 g/mol. The van der Waals surface area contributed by atoms with Crippen molar-refractivity contribution >= 4 is 12.1 Å². The van der Waals surface area contributed by atoms with Gasteiger partial charge in [-0.25, -0.2) is 4.79 Å². The van der Waals surface area contributed by atoms with Crippen molar-refractivity contribution in [3.8, 4) is 0 Å². The van der Waals surface area contributed by atoms with Crippen LogP contribution in [0.1, 0.15) is 40.0 Å². The second-order valence-corrected chi connectivity index (χ2v) is 2.74. The molecule has 2 heteroatoms. The highest BCUT2D eigenvalue weighted by Crippen LogP contribution is 1.90. The lowest BCUT2D eigenvalue weighted by atomic mass is 10.3. The normalized spacial score (nSPS) is 12.6. The number of nitrogens with zero attached hydrogens (tertiary/aromatic N) is 1. The summed E-state index contributed by atoms with van der Waals surface area (Å²) in [6.45, 7) is 7.08. The van der Waals surface area contributed by atoms with Gasteiger partial charge in [-0.2, -0.15) is 4.58 Å². The van der Waals surface area contributed by atoms with Crippen LogP contribution in [0.2, 0.25) is 0 Å². The predicted octanol–water partition coefficient (Wildman–Crippen LogP) is 1.83. The van der Waals surface area contributed by atoms with Gasteiger partial charge in [0.25, 0.3) is 0 Å². The Hall–Kier alpha value is -0.660. The van der Waals surface area contributed by atoms with E-state index in [1.54, 1.807) is 4.58 Å². The third kappa shape index (κ3) is 3.91. The molecule has 2 nitrogen and oxygen atoms in total. The molecule has 0 aliphatic carbocycles. The van der Waals surface area contributed by atoms with Crippen LogP contribution in [-0.4, -0.2) is 23.2 Å². The SMILES string of the molecule is CCCC[N+](C=O)=C(C)CC. The maximum Gasteiger partial charge on any atom is 0.374 e. The average molecular weight is 156 g/mol. The number of hydrogen-bond donors (Lipinski definition) is 0. The third-order valence-electron chi connectivity index (χ3n) is 1.88. The molecule has 0 aromatic carbocycles. The quantitative estimate of drug-likeness (QED) is 0.338. The molecular formula is C9H18NO+. The highest BCUT2D eigenvalue weighted by atomic mass is 16.1. The molecule has 0 unspecified atom stereocenters. The Morgan fingerprint density at radius 2 is 2.09 bits per heavy atom. The lowest BCUT2D eigenvalue weighted by Gasteiger charge is -1.96. The van der Waals surface area contributed by atoms with Crippen LogP contribution in [0, 0.1) is 0 Å². The van der Waals surface area contributed by atoms with E-state index in [9.17, 15) is 4.79 Å². The van der Waals surface area contributed by atoms with Gasteiger partial charge in [-0.05, 0) is 0 Å². The van der Waals surface area contributed by atoms with Gasteiger partial charge in [0.15, 0.2) is 12.3 Å². The number of hydrogen-bond acceptors (Lipinski definition) is 1. The molecule has 0 aromatic heterocycles. The van der Waals surface area contributed by atoms with Gasteiger partial charge in [-0.15, -0.1) is 0 Å². The first kappa shape index (κ1) is 10.3. The zero-order valence-electron chi connectivity index (χ0n) is 7.76. The van der Waals surface area contributed by atoms with Crippen LogP contribution in [0.4, 0.5) is 0 Å². The first-order valence-corrected chi connectivity index (χ1v) is 4.30. The van der Waals surface area contributed by atoms with E-state index in [4.69, 9.17) is 0 Å². The highest BCUT2D eigenvalue weighted by Gasteiger charge is 2.05. The molecule has 0 fully saturated rings. The van der Waals surface area contributed by atoms with Crippen LogP contribution < -0.4 is 0 Å². The zero-order chi connectivity index (χ0) is 8.69. The molecule has 0 heterocycles. The number of rotatable bonds is 5. The fourth-order valence-corrected chi connectivity index (χ4v) is 0.865. The van der Waals surface area contributed by atoms with Crippen LogP contribution in [0.3, 0.4) is 0 Å². The summed E-state index contributed by atoms with van der Waals surface area (Å²) in [6.07, 6.45) is 4.12. The molecule has 0 atom stereocenters. The maximum atomic E-state index is 10.5. The first-order chi connectivity index (χ1) is 5.26. The molecule has 0 aromatic rings. The van der Waals surface area contributed by atoms with E-state index in [0.29, 0.717) is 0 Å². The van der Waals surface area contributed by atoms with E-state index in [1.807, 2.05) is 6.92 Å². The van der Waals surface area contributed by atoms with Crippen LogP contribution in [-0.2, 0) is 4.79 Å². The minimum absolute atomic E-state index is 0.875. The Morgan fingerprint density at radius 3 is 2.45 bits per heavy atom. The smallest absolute Gasteiger partial charge is 0.223 e. The molecule has 0 aliphatic heterocycles. The number of carbonyl (C=O) groups is 1. The molecule has 0 bridgehead atoms. The van der Waals surface area contributed by atoms with Crippen molar-refractivity contribution in [3.05, 3.63) is 0 Å². The average Bonchev–Trinajstić information content (AvgIpc) is 2.05. The molecule has 1 amide bonds. The van der Waals surface area contributed by atoms with Crippen LogP contribution >= 0.6 is 0 Å². The first-order valence-electron chi connectivity index (χ1n) is 4.30. The van der Waals surface area contributed by atoms with E-state index in [0.717, 1.165) is 37.9 Å². The molecule has 64 valence electrons. The van der Waals surface area contributed by atoms with Gasteiger partial charge in [-0.1, -0.05) is 20.3 Å². The molecule has 11 heavy (non-hydrogen) atoms. The van der Waals surface area contributed by atoms with Crippen molar-refractivity contribution in [3.63, 3.8) is 0 Å². The Kier molecular flexibility index (Phi) is 5.71. The lowest BCUT2D eigenvalue weighted by Crippen LogP contribution is -2.18. The Bertz CT molecular complexity index is 150. The summed E-state index contributed by atoms with van der Waals surface area (Å²) in [6, 6.07) is 0. The van der Waals surface area contributed by atoms with Gasteiger partial charge in [0.1, 0.15) is 0 Å². The van der Waals surface area contributed by atoms with Crippen molar-refractivity contribution in [2.75, 3.05) is 6.54 Å². The summed E-state index contributed by atoms with van der Waals surface area (Å²) in [5.74, 6) is 0. The Morgan fingerprint density at radius 1 is 1.45 bits per heavy atom. The fourth-order valence-electron chi connectivity index (χ4n) is 0.865. The summed E-state index contributed by atoms with van der Waals surface area (Å²) >= 11 is 0. The van der Waals surface area contributed by atoms with Crippen molar-refractivity contribution < 1.29 is 9.37 Å². The Labute approximate surface area is 68.9 Å². The number of unbranched alkanes of at least 4 members (excludes halogenated alkanes) is 1. The van der Waals surface area contributed by atoms with Crippen molar-refractivity contribution in [1.29, 1.82) is 0 Å². The van der Waals surface area contributed by atoms with E-state index >= 15 is 0 Å². The highest BCUT2D eigenvalue weighted by molar-refractivity contribution is 5.78. The van der Waals surface area contributed by atoms with Gasteiger partial charge >= 0.3 is 6.41 Å². The largest absolute Gasteiger partial charge is 0.374 e. The van der Waals surface area contributed by atoms with Crippen molar-refractivity contribution in [1.82, 2.24) is 0 Å². The van der Waals surface area contributed by atoms with E-state index in [2.05, 4.69) is 13.8 Å². The van der Waals surface area contributed by atoms with Gasteiger partial charge in [0.2, 0.25) is 0 Å². The predicted molar refractivity (Wildman–Crippen MR) is 47.1 cm³/mol. The Balaban J connectivity index is 4.03. The van der Waals surface area contributed by atoms with E-state index in [-0.39, 0.29) is 0 Å². The fraction of sp³-hybridized carbons (Fsp3) is 0.778. The second-order valence-electron chi connectivity index (χ2n) is 2.74. The summed E-state index contributed by atoms with van der Waals surface area (Å²) in [7, 11) is 0. The molecule has 0 rings (SSSR count). The summed E-state index contributed by atoms with van der Waals surface area (Å²) in [5, 5.41) is 0. The summed E-state index contributed by atoms with van der Waals surface area (Å²) in [4.78, 5) is 10.5. The maximum absolute atomic E-state index is 10.5. The summed E-state index contributed by atoms with van der Waals surface area (Å²) < 4.78 is 1.80. The molecule has 0 N–H and O–H groups in total. The standard InChI is InChI=1S/C9H18NO/c1-4-6-7-10(8-11)9(3)5-2/h8H,4-7H2,1-3H3/q+1. The lowest BCUT2D eigenvalue weighted by molar-refractivity contribution is -0.435. The zero-order valence-corrected chi connectivity index (χ0v) is 7.76. The van der Waals surface area contributed by atoms with Gasteiger partial charge in [0, 0.05) is 19.8 Å². The van der Waals surface area contributed by atoms with E-state index in [1.165, 1.54) is 0 Å². The number of carbonyl (C=O) groups excluding carboxylic acids is 1. The number of amides is 1. The van der Waals surface area contributed by atoms with Crippen LogP contribution in [0.5, 0.6) is 0 Å². The van der Waals surface area contributed by atoms with Crippen LogP contribution in [0.15, 0.2) is 0 Å². The van der Waals surface area contributed by atoms with Gasteiger partial charge in [-0.3, -0.25) is 0 Å². The molecule has 0 saturated heterocycles. The van der Waals surface area contributed by atoms with Crippen molar-refractivity contribution in [2.24, 2.45) is 0 Å². The molecule has 0 spiro atoms. The van der Waals surface area contributed by atoms with Crippen LogP contribution in [0.25, 0.3) is 0 Å². The minimum atomic E-state index is 0.875. The topological polar surface area (TPSA) is 20.1 Å². The molecule has 0 saturated carbocycles. The molecular weight excluding hydrogens is 138 g/mol. The molecule has 0 radical (unpaired) electrons. The second kappa shape index (κ2) is 6.08. The summed E-state index contributed by atoms with van der Waals surface area (Å²) in [5.41, 5.74) is 1.16. The van der Waals surface area contributed by atoms with Gasteiger partial charge < -0.3 is 0 Å².